The highest BCUT2D eigenvalue weighted by Gasteiger charge is 2.44. The Morgan fingerprint density at radius 1 is 1.17 bits per heavy atom. The molecule has 0 aromatic carbocycles. The van der Waals surface area contributed by atoms with E-state index in [0.717, 1.165) is 6.42 Å². The topological polar surface area (TPSA) is 12.0 Å². The van der Waals surface area contributed by atoms with Crippen LogP contribution in [0.3, 0.4) is 0 Å². The summed E-state index contributed by atoms with van der Waals surface area (Å²) < 4.78 is 37.0. The van der Waals surface area contributed by atoms with E-state index in [1.54, 1.807) is 7.05 Å². The van der Waals surface area contributed by atoms with E-state index in [-0.39, 0.29) is 12.5 Å². The Kier molecular flexibility index (Phi) is 2.99. The number of hydrogen-bond donors (Lipinski definition) is 1. The first kappa shape index (κ1) is 9.84. The maximum Gasteiger partial charge on any atom is 0.393 e. The molecule has 0 saturated heterocycles. The van der Waals surface area contributed by atoms with Crippen LogP contribution < -0.4 is 5.32 Å². The Hall–Kier alpha value is -0.250. The Balaban J connectivity index is 2.59. The highest BCUT2D eigenvalue weighted by atomic mass is 19.4. The van der Waals surface area contributed by atoms with Gasteiger partial charge in [-0.25, -0.2) is 0 Å². The second-order valence-electron chi connectivity index (χ2n) is 3.33. The van der Waals surface area contributed by atoms with Gasteiger partial charge in [-0.1, -0.05) is 12.8 Å². The lowest BCUT2D eigenvalue weighted by Crippen LogP contribution is -2.43. The molecule has 0 bridgehead atoms. The minimum atomic E-state index is -4.02. The molecule has 1 saturated carbocycles. The molecule has 0 unspecified atom stereocenters. The molecule has 0 spiro atoms. The first-order chi connectivity index (χ1) is 5.55. The van der Waals surface area contributed by atoms with Crippen LogP contribution in [0.1, 0.15) is 25.7 Å². The van der Waals surface area contributed by atoms with Gasteiger partial charge in [0.2, 0.25) is 0 Å². The van der Waals surface area contributed by atoms with E-state index >= 15 is 0 Å². The quantitative estimate of drug-likeness (QED) is 0.654. The Morgan fingerprint density at radius 3 is 2.17 bits per heavy atom. The average molecular weight is 181 g/mol. The van der Waals surface area contributed by atoms with Crippen molar-refractivity contribution in [2.24, 2.45) is 5.92 Å². The van der Waals surface area contributed by atoms with Crippen LogP contribution in [0.4, 0.5) is 13.2 Å². The normalized spacial score (nSPS) is 32.0. The molecule has 1 nitrogen and oxygen atoms in total. The molecule has 72 valence electrons. The molecule has 1 aliphatic rings. The maximum absolute atomic E-state index is 12.3. The number of nitrogens with one attached hydrogen (secondary N) is 1. The third-order valence-corrected chi connectivity index (χ3v) is 2.56. The number of rotatable bonds is 1. The van der Waals surface area contributed by atoms with Crippen molar-refractivity contribution < 1.29 is 13.2 Å². The molecular formula is C8H14F3N. The van der Waals surface area contributed by atoms with Gasteiger partial charge in [-0.3, -0.25) is 0 Å². The highest BCUT2D eigenvalue weighted by molar-refractivity contribution is 4.84. The molecule has 1 fully saturated rings. The lowest BCUT2D eigenvalue weighted by Gasteiger charge is -2.32. The van der Waals surface area contributed by atoms with Gasteiger partial charge in [0.15, 0.2) is 0 Å². The van der Waals surface area contributed by atoms with Gasteiger partial charge in [0.1, 0.15) is 0 Å². The van der Waals surface area contributed by atoms with Crippen molar-refractivity contribution in [3.63, 3.8) is 0 Å². The summed E-state index contributed by atoms with van der Waals surface area (Å²) in [4.78, 5) is 0. The third-order valence-electron chi connectivity index (χ3n) is 2.56. The molecule has 0 aromatic rings. The summed E-state index contributed by atoms with van der Waals surface area (Å²) in [6.07, 6.45) is -1.45. The molecule has 1 N–H and O–H groups in total. The van der Waals surface area contributed by atoms with Crippen molar-refractivity contribution in [2.75, 3.05) is 7.05 Å². The Bertz CT molecular complexity index is 144. The maximum atomic E-state index is 12.3. The van der Waals surface area contributed by atoms with E-state index in [1.807, 2.05) is 0 Å². The van der Waals surface area contributed by atoms with E-state index in [0.29, 0.717) is 12.8 Å². The zero-order valence-corrected chi connectivity index (χ0v) is 7.12. The minimum absolute atomic E-state index is 0.287. The predicted molar refractivity (Wildman–Crippen MR) is 40.9 cm³/mol. The molecule has 12 heavy (non-hydrogen) atoms. The number of halogens is 3. The molecule has 2 atom stereocenters. The second kappa shape index (κ2) is 3.64. The minimum Gasteiger partial charge on any atom is -0.316 e. The van der Waals surface area contributed by atoms with Gasteiger partial charge < -0.3 is 5.32 Å². The van der Waals surface area contributed by atoms with Gasteiger partial charge >= 0.3 is 6.18 Å². The van der Waals surface area contributed by atoms with Gasteiger partial charge in [0.25, 0.3) is 0 Å². The molecule has 0 radical (unpaired) electrons. The van der Waals surface area contributed by atoms with E-state index in [9.17, 15) is 13.2 Å². The summed E-state index contributed by atoms with van der Waals surface area (Å²) in [6, 6.07) is -0.362. The summed E-state index contributed by atoms with van der Waals surface area (Å²) in [7, 11) is 1.61. The molecule has 0 aromatic heterocycles. The lowest BCUT2D eigenvalue weighted by atomic mass is 9.84. The first-order valence-corrected chi connectivity index (χ1v) is 4.29. The van der Waals surface area contributed by atoms with Gasteiger partial charge in [0.05, 0.1) is 5.92 Å². The lowest BCUT2D eigenvalue weighted by molar-refractivity contribution is -0.188. The zero-order valence-electron chi connectivity index (χ0n) is 7.12. The van der Waals surface area contributed by atoms with Gasteiger partial charge in [0, 0.05) is 6.04 Å². The van der Waals surface area contributed by atoms with Crippen molar-refractivity contribution in [1.29, 1.82) is 0 Å². The van der Waals surface area contributed by atoms with E-state index in [2.05, 4.69) is 5.32 Å². The Labute approximate surface area is 70.3 Å². The fourth-order valence-corrected chi connectivity index (χ4v) is 1.87. The Morgan fingerprint density at radius 2 is 1.75 bits per heavy atom. The van der Waals surface area contributed by atoms with Gasteiger partial charge in [-0.05, 0) is 19.9 Å². The molecular weight excluding hydrogens is 167 g/mol. The molecule has 0 heterocycles. The van der Waals surface area contributed by atoms with Crippen molar-refractivity contribution in [1.82, 2.24) is 5.32 Å². The van der Waals surface area contributed by atoms with Crippen molar-refractivity contribution >= 4 is 0 Å². The smallest absolute Gasteiger partial charge is 0.316 e. The molecule has 1 rings (SSSR count). The highest BCUT2D eigenvalue weighted by Crippen LogP contribution is 2.37. The van der Waals surface area contributed by atoms with Crippen molar-refractivity contribution in [2.45, 2.75) is 37.9 Å². The van der Waals surface area contributed by atoms with Crippen LogP contribution in [0.15, 0.2) is 0 Å². The predicted octanol–water partition coefficient (Wildman–Crippen LogP) is 2.33. The third kappa shape index (κ3) is 2.12. The van der Waals surface area contributed by atoms with Crippen LogP contribution in [0.2, 0.25) is 0 Å². The zero-order chi connectivity index (χ0) is 9.19. The first-order valence-electron chi connectivity index (χ1n) is 4.29. The molecule has 1 aliphatic carbocycles. The largest absolute Gasteiger partial charge is 0.393 e. The number of hydrogen-bond acceptors (Lipinski definition) is 1. The summed E-state index contributed by atoms with van der Waals surface area (Å²) in [5.74, 6) is -1.13. The van der Waals surface area contributed by atoms with Gasteiger partial charge in [-0.2, -0.15) is 13.2 Å². The van der Waals surface area contributed by atoms with Gasteiger partial charge in [-0.15, -0.1) is 0 Å². The van der Waals surface area contributed by atoms with Crippen LogP contribution >= 0.6 is 0 Å². The molecule has 0 amide bonds. The van der Waals surface area contributed by atoms with Crippen molar-refractivity contribution in [3.8, 4) is 0 Å². The number of alkyl halides is 3. The SMILES string of the molecule is CN[C@@H]1CCCC[C@@H]1C(F)(F)F. The van der Waals surface area contributed by atoms with E-state index < -0.39 is 12.1 Å². The van der Waals surface area contributed by atoms with Crippen LogP contribution in [0, 0.1) is 5.92 Å². The van der Waals surface area contributed by atoms with Crippen LogP contribution in [-0.4, -0.2) is 19.3 Å². The molecule has 0 aliphatic heterocycles. The monoisotopic (exact) mass is 181 g/mol. The summed E-state index contributed by atoms with van der Waals surface area (Å²) in [5.41, 5.74) is 0. The summed E-state index contributed by atoms with van der Waals surface area (Å²) >= 11 is 0. The van der Waals surface area contributed by atoms with Crippen LogP contribution in [0.5, 0.6) is 0 Å². The molecule has 4 heteroatoms. The van der Waals surface area contributed by atoms with Crippen LogP contribution in [0.25, 0.3) is 0 Å². The van der Waals surface area contributed by atoms with E-state index in [4.69, 9.17) is 0 Å². The van der Waals surface area contributed by atoms with Crippen LogP contribution in [-0.2, 0) is 0 Å². The fraction of sp³-hybridized carbons (Fsp3) is 1.00. The average Bonchev–Trinajstić information content (AvgIpc) is 2.03. The summed E-state index contributed by atoms with van der Waals surface area (Å²) in [6.45, 7) is 0. The standard InChI is InChI=1S/C8H14F3N/c1-12-7-5-3-2-4-6(7)8(9,10)11/h6-7,12H,2-5H2,1H3/t6-,7+/m0/s1. The van der Waals surface area contributed by atoms with Crippen molar-refractivity contribution in [3.05, 3.63) is 0 Å². The summed E-state index contributed by atoms with van der Waals surface area (Å²) in [5, 5.41) is 2.74. The second-order valence-corrected chi connectivity index (χ2v) is 3.33. The van der Waals surface area contributed by atoms with E-state index in [1.165, 1.54) is 0 Å². The fourth-order valence-electron chi connectivity index (χ4n) is 1.87.